The van der Waals surface area contributed by atoms with Gasteiger partial charge in [-0.05, 0) is 52.6 Å². The lowest BCUT2D eigenvalue weighted by molar-refractivity contribution is 0.337. The van der Waals surface area contributed by atoms with Gasteiger partial charge in [0.15, 0.2) is 0 Å². The lowest BCUT2D eigenvalue weighted by Crippen LogP contribution is -2.35. The first kappa shape index (κ1) is 26.7. The van der Waals surface area contributed by atoms with Crippen molar-refractivity contribution in [1.82, 2.24) is 4.98 Å². The predicted molar refractivity (Wildman–Crippen MR) is 162 cm³/mol. The van der Waals surface area contributed by atoms with Crippen LogP contribution in [0.3, 0.4) is 0 Å². The number of ether oxygens (including phenoxy) is 1. The van der Waals surface area contributed by atoms with Crippen molar-refractivity contribution in [3.05, 3.63) is 89.5 Å². The maximum Gasteiger partial charge on any atom is 0.219 e. The number of aromatic hydroxyl groups is 1. The molecule has 1 aliphatic rings. The van der Waals surface area contributed by atoms with Gasteiger partial charge in [0.05, 0.1) is 6.04 Å². The molecule has 0 saturated heterocycles. The summed E-state index contributed by atoms with van der Waals surface area (Å²) >= 11 is 0. The van der Waals surface area contributed by atoms with Crippen LogP contribution in [0.1, 0.15) is 77.0 Å². The van der Waals surface area contributed by atoms with Gasteiger partial charge in [-0.2, -0.15) is 0 Å². The molecule has 0 amide bonds. The number of hydrogen-bond acceptors (Lipinski definition) is 5. The second kappa shape index (κ2) is 10.4. The van der Waals surface area contributed by atoms with Crippen LogP contribution in [0.15, 0.2) is 77.8 Å². The van der Waals surface area contributed by atoms with Crippen LogP contribution in [0, 0.1) is 5.41 Å². The molecule has 2 heterocycles. The van der Waals surface area contributed by atoms with E-state index in [-0.39, 0.29) is 17.2 Å². The van der Waals surface area contributed by atoms with E-state index in [1.807, 2.05) is 42.5 Å². The molecule has 4 aromatic rings. The van der Waals surface area contributed by atoms with Gasteiger partial charge >= 0.3 is 0 Å². The number of aliphatic imine (C=N–C) groups is 1. The second-order valence-corrected chi connectivity index (χ2v) is 12.2. The monoisotopic (exact) mass is 521 g/mol. The minimum Gasteiger partial charge on any atom is -0.506 e. The predicted octanol–water partition coefficient (Wildman–Crippen LogP) is 8.66. The van der Waals surface area contributed by atoms with E-state index >= 15 is 0 Å². The quantitative estimate of drug-likeness (QED) is 0.276. The summed E-state index contributed by atoms with van der Waals surface area (Å²) in [6, 6.07) is 24.1. The number of pyridine rings is 1. The highest BCUT2D eigenvalue weighted by atomic mass is 16.5. The first-order valence-electron chi connectivity index (χ1n) is 13.9. The number of aromatic nitrogens is 1. The molecule has 3 aromatic carbocycles. The standard InChI is InChI=1S/C34H39N3O2/c1-21(2)26-14-10-15-27(22(3)4)32(26)37-20-29(34(5,6)7)35-33(37)24-12-8-13-25(19-24)39-30-18-17-23-11-9-16-28(38)31(23)36-30/h8-19,21-22,29,38H,20H2,1-7H3/t29-/m1/s1. The number of amidine groups is 1. The number of benzene rings is 3. The Balaban J connectivity index is 1.57. The number of phenolic OH excluding ortho intramolecular Hbond substituents is 1. The fourth-order valence-corrected chi connectivity index (χ4v) is 5.23. The molecule has 5 heteroatoms. The summed E-state index contributed by atoms with van der Waals surface area (Å²) in [5.74, 6) is 3.00. The minimum atomic E-state index is 0.0237. The molecule has 202 valence electrons. The Labute approximate surface area is 232 Å². The van der Waals surface area contributed by atoms with Crippen LogP contribution in [0.5, 0.6) is 17.4 Å². The molecule has 0 aliphatic carbocycles. The van der Waals surface area contributed by atoms with Crippen LogP contribution >= 0.6 is 0 Å². The number of fused-ring (bicyclic) bond motifs is 1. The van der Waals surface area contributed by atoms with Crippen LogP contribution in [-0.2, 0) is 0 Å². The molecule has 5 nitrogen and oxygen atoms in total. The highest BCUT2D eigenvalue weighted by molar-refractivity contribution is 6.12. The molecule has 1 atom stereocenters. The third-order valence-corrected chi connectivity index (χ3v) is 7.49. The van der Waals surface area contributed by atoms with Gasteiger partial charge in [0.25, 0.3) is 0 Å². The lowest BCUT2D eigenvalue weighted by atomic mass is 9.87. The summed E-state index contributed by atoms with van der Waals surface area (Å²) in [5, 5.41) is 11.1. The molecule has 0 radical (unpaired) electrons. The summed E-state index contributed by atoms with van der Waals surface area (Å²) in [7, 11) is 0. The summed E-state index contributed by atoms with van der Waals surface area (Å²) < 4.78 is 6.20. The van der Waals surface area contributed by atoms with E-state index in [1.54, 1.807) is 6.07 Å². The first-order chi connectivity index (χ1) is 18.5. The second-order valence-electron chi connectivity index (χ2n) is 12.2. The molecule has 1 aromatic heterocycles. The molecule has 1 N–H and O–H groups in total. The molecule has 0 spiro atoms. The summed E-state index contributed by atoms with van der Waals surface area (Å²) in [4.78, 5) is 12.3. The maximum atomic E-state index is 10.3. The van der Waals surface area contributed by atoms with Gasteiger partial charge in [-0.3, -0.25) is 4.99 Å². The van der Waals surface area contributed by atoms with E-state index in [0.717, 1.165) is 23.3 Å². The van der Waals surface area contributed by atoms with Crippen molar-refractivity contribution in [2.24, 2.45) is 10.4 Å². The molecule has 1 aliphatic heterocycles. The molecule has 0 fully saturated rings. The minimum absolute atomic E-state index is 0.0237. The molecule has 0 unspecified atom stereocenters. The smallest absolute Gasteiger partial charge is 0.219 e. The summed E-state index contributed by atoms with van der Waals surface area (Å²) in [6.07, 6.45) is 0. The van der Waals surface area contributed by atoms with Gasteiger partial charge in [0.2, 0.25) is 5.88 Å². The molecular weight excluding hydrogens is 482 g/mol. The van der Waals surface area contributed by atoms with Gasteiger partial charge in [0.1, 0.15) is 22.9 Å². The van der Waals surface area contributed by atoms with E-state index in [4.69, 9.17) is 9.73 Å². The van der Waals surface area contributed by atoms with Crippen LogP contribution in [0.2, 0.25) is 0 Å². The van der Waals surface area contributed by atoms with Crippen molar-refractivity contribution in [3.8, 4) is 17.4 Å². The van der Waals surface area contributed by atoms with Crippen molar-refractivity contribution in [1.29, 1.82) is 0 Å². The Bertz CT molecular complexity index is 1510. The normalized spacial score (nSPS) is 15.9. The fraction of sp³-hybridized carbons (Fsp3) is 0.353. The zero-order valence-electron chi connectivity index (χ0n) is 24.1. The Morgan fingerprint density at radius 2 is 1.54 bits per heavy atom. The highest BCUT2D eigenvalue weighted by Crippen LogP contribution is 2.40. The van der Waals surface area contributed by atoms with Crippen LogP contribution in [-0.4, -0.2) is 28.5 Å². The topological polar surface area (TPSA) is 58.0 Å². The van der Waals surface area contributed by atoms with E-state index in [2.05, 4.69) is 82.6 Å². The van der Waals surface area contributed by atoms with Crippen LogP contribution in [0.4, 0.5) is 5.69 Å². The first-order valence-corrected chi connectivity index (χ1v) is 13.9. The zero-order valence-corrected chi connectivity index (χ0v) is 24.1. The number of hydrogen-bond donors (Lipinski definition) is 1. The van der Waals surface area contributed by atoms with Crippen molar-refractivity contribution in [3.63, 3.8) is 0 Å². The van der Waals surface area contributed by atoms with Crippen molar-refractivity contribution >= 4 is 22.4 Å². The van der Waals surface area contributed by atoms with Crippen molar-refractivity contribution < 1.29 is 9.84 Å². The molecule has 0 saturated carbocycles. The summed E-state index contributed by atoms with van der Waals surface area (Å²) in [5.41, 5.74) is 5.53. The number of phenols is 1. The van der Waals surface area contributed by atoms with E-state index < -0.39 is 0 Å². The Kier molecular flexibility index (Phi) is 7.11. The van der Waals surface area contributed by atoms with E-state index in [0.29, 0.717) is 29.0 Å². The number of anilines is 1. The van der Waals surface area contributed by atoms with Gasteiger partial charge in [-0.1, -0.05) is 90.9 Å². The van der Waals surface area contributed by atoms with Crippen LogP contribution in [0.25, 0.3) is 10.9 Å². The van der Waals surface area contributed by atoms with Gasteiger partial charge in [0, 0.05) is 29.2 Å². The Hall–Kier alpha value is -3.86. The molecular formula is C34H39N3O2. The van der Waals surface area contributed by atoms with Crippen LogP contribution < -0.4 is 9.64 Å². The third-order valence-electron chi connectivity index (χ3n) is 7.49. The van der Waals surface area contributed by atoms with Crippen molar-refractivity contribution in [2.45, 2.75) is 66.3 Å². The largest absolute Gasteiger partial charge is 0.506 e. The zero-order chi connectivity index (χ0) is 27.9. The summed E-state index contributed by atoms with van der Waals surface area (Å²) in [6.45, 7) is 16.7. The average molecular weight is 522 g/mol. The lowest BCUT2D eigenvalue weighted by Gasteiger charge is -2.31. The average Bonchev–Trinajstić information content (AvgIpc) is 3.35. The number of nitrogens with zero attached hydrogens (tertiary/aromatic N) is 3. The molecule has 5 rings (SSSR count). The maximum absolute atomic E-state index is 10.3. The SMILES string of the molecule is CC(C)c1cccc(C(C)C)c1N1C[C@H](C(C)(C)C)N=C1c1cccc(Oc2ccc3cccc(O)c3n2)c1. The Morgan fingerprint density at radius 1 is 0.872 bits per heavy atom. The van der Waals surface area contributed by atoms with E-state index in [9.17, 15) is 5.11 Å². The number of rotatable bonds is 6. The third kappa shape index (κ3) is 5.36. The highest BCUT2D eigenvalue weighted by Gasteiger charge is 2.36. The number of para-hydroxylation sites is 2. The molecule has 39 heavy (non-hydrogen) atoms. The Morgan fingerprint density at radius 3 is 2.21 bits per heavy atom. The van der Waals surface area contributed by atoms with E-state index in [1.165, 1.54) is 16.8 Å². The van der Waals surface area contributed by atoms with Gasteiger partial charge in [-0.15, -0.1) is 0 Å². The van der Waals surface area contributed by atoms with Gasteiger partial charge < -0.3 is 14.7 Å². The molecule has 0 bridgehead atoms. The van der Waals surface area contributed by atoms with Crippen molar-refractivity contribution in [2.75, 3.05) is 11.4 Å². The fourth-order valence-electron chi connectivity index (χ4n) is 5.23. The van der Waals surface area contributed by atoms with Gasteiger partial charge in [-0.25, -0.2) is 4.98 Å².